The Labute approximate surface area is 172 Å². The lowest BCUT2D eigenvalue weighted by atomic mass is 10.2. The van der Waals surface area contributed by atoms with Crippen molar-refractivity contribution in [2.75, 3.05) is 12.9 Å². The van der Waals surface area contributed by atoms with Crippen LogP contribution < -0.4 is 10.1 Å². The minimum Gasteiger partial charge on any atom is -0.490 e. The lowest BCUT2D eigenvalue weighted by Gasteiger charge is -2.06. The first-order valence-corrected chi connectivity index (χ1v) is 9.97. The average Bonchev–Trinajstić information content (AvgIpc) is 3.22. The molecule has 0 saturated heterocycles. The molecule has 3 aromatic rings. The van der Waals surface area contributed by atoms with E-state index in [0.29, 0.717) is 12.3 Å². The largest absolute Gasteiger partial charge is 0.490 e. The highest BCUT2D eigenvalue weighted by Crippen LogP contribution is 2.28. The predicted molar refractivity (Wildman–Crippen MR) is 111 cm³/mol. The summed E-state index contributed by atoms with van der Waals surface area (Å²) in [5, 5.41) is 18.2. The molecule has 1 heterocycles. The third-order valence-corrected chi connectivity index (χ3v) is 5.09. The number of methoxy groups -OCH3 is 1. The number of aromatic nitrogens is 2. The van der Waals surface area contributed by atoms with Gasteiger partial charge in [0.1, 0.15) is 0 Å². The maximum absolute atomic E-state index is 12.1. The Kier molecular flexibility index (Phi) is 6.85. The molecule has 150 valence electrons. The molecule has 0 aliphatic carbocycles. The monoisotopic (exact) mass is 412 g/mol. The predicted octanol–water partition coefficient (Wildman–Crippen LogP) is 3.34. The molecule has 8 nitrogen and oxygen atoms in total. The molecule has 0 radical (unpaired) electrons. The molecule has 0 bridgehead atoms. The van der Waals surface area contributed by atoms with Crippen LogP contribution in [-0.2, 0) is 17.1 Å². The van der Waals surface area contributed by atoms with E-state index in [4.69, 9.17) is 4.74 Å². The van der Waals surface area contributed by atoms with Crippen LogP contribution in [0.4, 0.5) is 5.69 Å². The number of nitrogens with one attached hydrogen (secondary N) is 1. The van der Waals surface area contributed by atoms with E-state index in [1.165, 1.54) is 24.9 Å². The zero-order valence-electron chi connectivity index (χ0n) is 15.8. The summed E-state index contributed by atoms with van der Waals surface area (Å²) in [7, 11) is 1.39. The number of carbonyl (C=O) groups excluding carboxylic acids is 1. The van der Waals surface area contributed by atoms with Gasteiger partial charge in [0.15, 0.2) is 5.75 Å². The number of nitrogens with zero attached hydrogens (tertiary/aromatic N) is 3. The van der Waals surface area contributed by atoms with Gasteiger partial charge in [-0.3, -0.25) is 14.9 Å². The van der Waals surface area contributed by atoms with Gasteiger partial charge < -0.3 is 10.1 Å². The van der Waals surface area contributed by atoms with Crippen LogP contribution in [0.25, 0.3) is 5.69 Å². The summed E-state index contributed by atoms with van der Waals surface area (Å²) in [6, 6.07) is 14.5. The summed E-state index contributed by atoms with van der Waals surface area (Å²) in [4.78, 5) is 22.7. The van der Waals surface area contributed by atoms with Gasteiger partial charge in [-0.1, -0.05) is 24.3 Å². The molecule has 0 spiro atoms. The van der Waals surface area contributed by atoms with Crippen molar-refractivity contribution in [2.24, 2.45) is 0 Å². The first-order chi connectivity index (χ1) is 14.1. The summed E-state index contributed by atoms with van der Waals surface area (Å²) in [6.07, 6.45) is 3.59. The normalized spacial score (nSPS) is 10.5. The number of thioether (sulfide) groups is 1. The van der Waals surface area contributed by atoms with E-state index in [0.717, 1.165) is 16.8 Å². The van der Waals surface area contributed by atoms with Crippen LogP contribution >= 0.6 is 11.8 Å². The topological polar surface area (TPSA) is 99.3 Å². The van der Waals surface area contributed by atoms with Crippen LogP contribution in [0.15, 0.2) is 60.9 Å². The fourth-order valence-electron chi connectivity index (χ4n) is 2.65. The maximum Gasteiger partial charge on any atom is 0.311 e. The van der Waals surface area contributed by atoms with Crippen molar-refractivity contribution in [1.82, 2.24) is 15.1 Å². The molecule has 1 aromatic heterocycles. The zero-order valence-corrected chi connectivity index (χ0v) is 16.6. The van der Waals surface area contributed by atoms with E-state index in [-0.39, 0.29) is 23.1 Å². The molecular formula is C20H20N4O4S. The molecule has 0 aliphatic heterocycles. The summed E-state index contributed by atoms with van der Waals surface area (Å²) >= 11 is 1.39. The Morgan fingerprint density at radius 3 is 2.76 bits per heavy atom. The zero-order chi connectivity index (χ0) is 20.6. The van der Waals surface area contributed by atoms with Crippen LogP contribution in [0.2, 0.25) is 0 Å². The highest BCUT2D eigenvalue weighted by atomic mass is 32.2. The number of nitro groups is 1. The number of carbonyl (C=O) groups is 1. The van der Waals surface area contributed by atoms with E-state index >= 15 is 0 Å². The summed E-state index contributed by atoms with van der Waals surface area (Å²) in [5.74, 6) is 0.861. The Bertz CT molecular complexity index is 991. The number of benzene rings is 2. The Hall–Kier alpha value is -3.33. The molecule has 3 rings (SSSR count). The van der Waals surface area contributed by atoms with Crippen molar-refractivity contribution in [3.8, 4) is 11.4 Å². The standard InChI is InChI=1S/C20H20N4O4S/c1-28-19-8-7-15(9-18(19)24(26)27)13-29-14-20(25)21-10-16-11-22-23(12-16)17-5-3-2-4-6-17/h2-9,11-12H,10,13-14H2,1H3,(H,21,25). The molecule has 9 heteroatoms. The van der Waals surface area contributed by atoms with Crippen molar-refractivity contribution in [3.05, 3.63) is 82.2 Å². The van der Waals surface area contributed by atoms with Gasteiger partial charge in [-0.2, -0.15) is 5.10 Å². The van der Waals surface area contributed by atoms with Crippen LogP contribution in [0.3, 0.4) is 0 Å². The molecule has 2 aromatic carbocycles. The number of rotatable bonds is 9. The number of para-hydroxylation sites is 1. The molecule has 0 atom stereocenters. The summed E-state index contributed by atoms with van der Waals surface area (Å²) in [5.41, 5.74) is 2.54. The van der Waals surface area contributed by atoms with Crippen LogP contribution in [0, 0.1) is 10.1 Å². The summed E-state index contributed by atoms with van der Waals surface area (Å²) in [6.45, 7) is 0.389. The van der Waals surface area contributed by atoms with Gasteiger partial charge in [-0.25, -0.2) is 4.68 Å². The van der Waals surface area contributed by atoms with Gasteiger partial charge in [0.2, 0.25) is 5.91 Å². The van der Waals surface area contributed by atoms with Crippen LogP contribution in [0.1, 0.15) is 11.1 Å². The van der Waals surface area contributed by atoms with Gasteiger partial charge in [0.05, 0.1) is 29.7 Å². The quantitative estimate of drug-likeness (QED) is 0.427. The van der Waals surface area contributed by atoms with Crippen molar-refractivity contribution in [1.29, 1.82) is 0 Å². The van der Waals surface area contributed by atoms with Crippen molar-refractivity contribution < 1.29 is 14.5 Å². The molecule has 0 aliphatic rings. The van der Waals surface area contributed by atoms with E-state index in [1.54, 1.807) is 23.0 Å². The van der Waals surface area contributed by atoms with E-state index in [2.05, 4.69) is 10.4 Å². The molecular weight excluding hydrogens is 392 g/mol. The average molecular weight is 412 g/mol. The summed E-state index contributed by atoms with van der Waals surface area (Å²) < 4.78 is 6.75. The van der Waals surface area contributed by atoms with E-state index in [1.807, 2.05) is 36.5 Å². The lowest BCUT2D eigenvalue weighted by Crippen LogP contribution is -2.24. The van der Waals surface area contributed by atoms with Crippen molar-refractivity contribution in [3.63, 3.8) is 0 Å². The van der Waals surface area contributed by atoms with Gasteiger partial charge >= 0.3 is 5.69 Å². The molecule has 29 heavy (non-hydrogen) atoms. The van der Waals surface area contributed by atoms with E-state index < -0.39 is 4.92 Å². The fraction of sp³-hybridized carbons (Fsp3) is 0.200. The number of ether oxygens (including phenoxy) is 1. The minimum atomic E-state index is -0.477. The highest BCUT2D eigenvalue weighted by molar-refractivity contribution is 7.99. The third kappa shape index (κ3) is 5.58. The lowest BCUT2D eigenvalue weighted by molar-refractivity contribution is -0.385. The van der Waals surface area contributed by atoms with Gasteiger partial charge in [0.25, 0.3) is 0 Å². The fourth-order valence-corrected chi connectivity index (χ4v) is 3.46. The molecule has 1 N–H and O–H groups in total. The molecule has 0 saturated carbocycles. The van der Waals surface area contributed by atoms with Gasteiger partial charge in [-0.05, 0) is 23.8 Å². The number of hydrogen-bond donors (Lipinski definition) is 1. The Morgan fingerprint density at radius 2 is 2.03 bits per heavy atom. The highest BCUT2D eigenvalue weighted by Gasteiger charge is 2.15. The Balaban J connectivity index is 1.46. The van der Waals surface area contributed by atoms with Crippen LogP contribution in [-0.4, -0.2) is 33.5 Å². The second kappa shape index (κ2) is 9.74. The number of hydrogen-bond acceptors (Lipinski definition) is 6. The smallest absolute Gasteiger partial charge is 0.311 e. The van der Waals surface area contributed by atoms with Gasteiger partial charge in [-0.15, -0.1) is 11.8 Å². The van der Waals surface area contributed by atoms with Gasteiger partial charge in [0, 0.05) is 30.1 Å². The molecule has 1 amide bonds. The first kappa shape index (κ1) is 20.4. The number of nitro benzene ring substituents is 1. The number of amides is 1. The molecule has 0 unspecified atom stereocenters. The molecule has 0 fully saturated rings. The minimum absolute atomic E-state index is 0.0783. The second-order valence-electron chi connectivity index (χ2n) is 6.16. The van der Waals surface area contributed by atoms with Crippen LogP contribution in [0.5, 0.6) is 5.75 Å². The Morgan fingerprint density at radius 1 is 1.24 bits per heavy atom. The van der Waals surface area contributed by atoms with Crippen molar-refractivity contribution >= 4 is 23.4 Å². The SMILES string of the molecule is COc1ccc(CSCC(=O)NCc2cnn(-c3ccccc3)c2)cc1[N+](=O)[O-]. The van der Waals surface area contributed by atoms with Crippen molar-refractivity contribution in [2.45, 2.75) is 12.3 Å². The maximum atomic E-state index is 12.1. The third-order valence-electron chi connectivity index (χ3n) is 4.09. The first-order valence-electron chi connectivity index (χ1n) is 8.81. The second-order valence-corrected chi connectivity index (χ2v) is 7.15. The van der Waals surface area contributed by atoms with E-state index in [9.17, 15) is 14.9 Å².